The van der Waals surface area contributed by atoms with Crippen LogP contribution in [0.1, 0.15) is 18.1 Å². The Morgan fingerprint density at radius 3 is 2.57 bits per heavy atom. The van der Waals surface area contributed by atoms with Gasteiger partial charge in [0.05, 0.1) is 6.61 Å². The molecule has 6 nitrogen and oxygen atoms in total. The first kappa shape index (κ1) is 15.3. The van der Waals surface area contributed by atoms with Gasteiger partial charge in [-0.2, -0.15) is 0 Å². The Kier molecular flexibility index (Phi) is 4.80. The molecular formula is C15H20N2O4. The lowest BCUT2D eigenvalue weighted by atomic mass is 9.94. The SMILES string of the molecule is CCN(CCO)C(=O)N1Cc2ccccc2C[C@H]1C(=O)O. The summed E-state index contributed by atoms with van der Waals surface area (Å²) in [6.07, 6.45) is 0.313. The van der Waals surface area contributed by atoms with Crippen molar-refractivity contribution in [3.8, 4) is 0 Å². The van der Waals surface area contributed by atoms with E-state index in [0.717, 1.165) is 11.1 Å². The topological polar surface area (TPSA) is 81.1 Å². The van der Waals surface area contributed by atoms with Crippen LogP contribution in [0.2, 0.25) is 0 Å². The number of carbonyl (C=O) groups is 2. The zero-order valence-electron chi connectivity index (χ0n) is 12.0. The van der Waals surface area contributed by atoms with Crippen LogP contribution in [0.5, 0.6) is 0 Å². The summed E-state index contributed by atoms with van der Waals surface area (Å²) in [5, 5.41) is 18.4. The fourth-order valence-electron chi connectivity index (χ4n) is 2.64. The molecule has 0 spiro atoms. The van der Waals surface area contributed by atoms with Crippen molar-refractivity contribution in [2.75, 3.05) is 19.7 Å². The second kappa shape index (κ2) is 6.58. The Balaban J connectivity index is 2.28. The highest BCUT2D eigenvalue weighted by molar-refractivity contribution is 5.83. The molecular weight excluding hydrogens is 272 g/mol. The molecule has 1 aliphatic heterocycles. The van der Waals surface area contributed by atoms with Gasteiger partial charge in [-0.3, -0.25) is 0 Å². The van der Waals surface area contributed by atoms with Crippen LogP contribution in [-0.4, -0.2) is 57.8 Å². The number of hydrogen-bond donors (Lipinski definition) is 2. The number of benzene rings is 1. The van der Waals surface area contributed by atoms with Crippen LogP contribution in [0.4, 0.5) is 4.79 Å². The molecule has 1 aromatic rings. The second-order valence-corrected chi connectivity index (χ2v) is 5.04. The summed E-state index contributed by atoms with van der Waals surface area (Å²) in [4.78, 5) is 26.8. The highest BCUT2D eigenvalue weighted by atomic mass is 16.4. The number of aliphatic hydroxyl groups is 1. The van der Waals surface area contributed by atoms with Crippen LogP contribution < -0.4 is 0 Å². The Morgan fingerprint density at radius 2 is 2.00 bits per heavy atom. The first-order valence-electron chi connectivity index (χ1n) is 7.04. The van der Waals surface area contributed by atoms with Crippen molar-refractivity contribution < 1.29 is 19.8 Å². The molecule has 6 heteroatoms. The summed E-state index contributed by atoms with van der Waals surface area (Å²) in [5.41, 5.74) is 1.95. The molecule has 2 rings (SSSR count). The molecule has 0 unspecified atom stereocenters. The predicted molar refractivity (Wildman–Crippen MR) is 76.8 cm³/mol. The standard InChI is InChI=1S/C15H20N2O4/c1-2-16(7-8-18)15(21)17-10-12-6-4-3-5-11(12)9-13(17)14(19)20/h3-6,13,18H,2,7-10H2,1H3,(H,19,20)/t13-/m0/s1. The number of hydrogen-bond acceptors (Lipinski definition) is 3. The fraction of sp³-hybridized carbons (Fsp3) is 0.467. The maximum Gasteiger partial charge on any atom is 0.326 e. The van der Waals surface area contributed by atoms with E-state index in [9.17, 15) is 14.7 Å². The molecule has 1 aliphatic rings. The van der Waals surface area contributed by atoms with Gasteiger partial charge in [0.1, 0.15) is 6.04 Å². The van der Waals surface area contributed by atoms with Gasteiger partial charge in [-0.1, -0.05) is 24.3 Å². The van der Waals surface area contributed by atoms with Crippen molar-refractivity contribution >= 4 is 12.0 Å². The minimum Gasteiger partial charge on any atom is -0.480 e. The molecule has 0 saturated carbocycles. The number of urea groups is 1. The fourth-order valence-corrected chi connectivity index (χ4v) is 2.64. The predicted octanol–water partition coefficient (Wildman–Crippen LogP) is 0.932. The minimum absolute atomic E-state index is 0.137. The lowest BCUT2D eigenvalue weighted by Crippen LogP contribution is -2.53. The number of nitrogens with zero attached hydrogens (tertiary/aromatic N) is 2. The molecule has 2 amide bonds. The molecule has 0 saturated heterocycles. The maximum atomic E-state index is 12.5. The van der Waals surface area contributed by atoms with E-state index in [2.05, 4.69) is 0 Å². The molecule has 1 heterocycles. The Labute approximate surface area is 123 Å². The van der Waals surface area contributed by atoms with Gasteiger partial charge in [-0.25, -0.2) is 9.59 Å². The number of aliphatic hydroxyl groups excluding tert-OH is 1. The quantitative estimate of drug-likeness (QED) is 0.865. The largest absolute Gasteiger partial charge is 0.480 e. The van der Waals surface area contributed by atoms with Crippen molar-refractivity contribution in [3.05, 3.63) is 35.4 Å². The summed E-state index contributed by atoms with van der Waals surface area (Å²) in [6.45, 7) is 2.60. The van der Waals surface area contributed by atoms with Crippen molar-refractivity contribution in [1.29, 1.82) is 0 Å². The first-order chi connectivity index (χ1) is 10.1. The monoisotopic (exact) mass is 292 g/mol. The molecule has 2 N–H and O–H groups in total. The van der Waals surface area contributed by atoms with Crippen molar-refractivity contribution in [2.45, 2.75) is 25.9 Å². The second-order valence-electron chi connectivity index (χ2n) is 5.04. The molecule has 114 valence electrons. The molecule has 21 heavy (non-hydrogen) atoms. The van der Waals surface area contributed by atoms with Crippen LogP contribution in [-0.2, 0) is 17.8 Å². The lowest BCUT2D eigenvalue weighted by molar-refractivity contribution is -0.142. The molecule has 0 fully saturated rings. The third-order valence-electron chi connectivity index (χ3n) is 3.80. The zero-order valence-corrected chi connectivity index (χ0v) is 12.0. The van der Waals surface area contributed by atoms with Gasteiger partial charge < -0.3 is 20.0 Å². The number of carboxylic acids is 1. The number of likely N-dealkylation sites (N-methyl/N-ethyl adjacent to an activating group) is 1. The molecule has 0 aliphatic carbocycles. The van der Waals surface area contributed by atoms with Gasteiger partial charge in [0.2, 0.25) is 0 Å². The van der Waals surface area contributed by atoms with Gasteiger partial charge in [-0.15, -0.1) is 0 Å². The first-order valence-corrected chi connectivity index (χ1v) is 7.04. The van der Waals surface area contributed by atoms with Crippen LogP contribution in [0.3, 0.4) is 0 Å². The van der Waals surface area contributed by atoms with Crippen LogP contribution in [0, 0.1) is 0 Å². The van der Waals surface area contributed by atoms with Gasteiger partial charge in [0.25, 0.3) is 0 Å². The molecule has 0 aromatic heterocycles. The van der Waals surface area contributed by atoms with Crippen molar-refractivity contribution in [1.82, 2.24) is 9.80 Å². The summed E-state index contributed by atoms with van der Waals surface area (Å²) >= 11 is 0. The normalized spacial score (nSPS) is 17.2. The van der Waals surface area contributed by atoms with Crippen molar-refractivity contribution in [3.63, 3.8) is 0 Å². The average Bonchev–Trinajstić information content (AvgIpc) is 2.50. The van der Waals surface area contributed by atoms with Crippen LogP contribution in [0.25, 0.3) is 0 Å². The smallest absolute Gasteiger partial charge is 0.326 e. The van der Waals surface area contributed by atoms with E-state index in [1.165, 1.54) is 9.80 Å². The minimum atomic E-state index is -1.00. The number of amides is 2. The third-order valence-corrected chi connectivity index (χ3v) is 3.80. The summed E-state index contributed by atoms with van der Waals surface area (Å²) in [6, 6.07) is 6.37. The summed E-state index contributed by atoms with van der Waals surface area (Å²) < 4.78 is 0. The average molecular weight is 292 g/mol. The number of fused-ring (bicyclic) bond motifs is 1. The third kappa shape index (κ3) is 3.16. The van der Waals surface area contributed by atoms with Gasteiger partial charge in [0, 0.05) is 26.1 Å². The molecule has 0 radical (unpaired) electrons. The lowest BCUT2D eigenvalue weighted by Gasteiger charge is -2.37. The number of carbonyl (C=O) groups excluding carboxylic acids is 1. The van der Waals surface area contributed by atoms with Crippen molar-refractivity contribution in [2.24, 2.45) is 0 Å². The highest BCUT2D eigenvalue weighted by Gasteiger charge is 2.36. The van der Waals surface area contributed by atoms with Crippen LogP contribution in [0.15, 0.2) is 24.3 Å². The van der Waals surface area contributed by atoms with Crippen LogP contribution >= 0.6 is 0 Å². The maximum absolute atomic E-state index is 12.5. The zero-order chi connectivity index (χ0) is 15.4. The van der Waals surface area contributed by atoms with E-state index >= 15 is 0 Å². The van der Waals surface area contributed by atoms with E-state index in [1.54, 1.807) is 6.92 Å². The Bertz CT molecular complexity index is 532. The van der Waals surface area contributed by atoms with E-state index in [1.807, 2.05) is 24.3 Å². The number of rotatable bonds is 4. The Hall–Kier alpha value is -2.08. The summed E-state index contributed by atoms with van der Waals surface area (Å²) in [5.74, 6) is -1.00. The van der Waals surface area contributed by atoms with E-state index in [-0.39, 0.29) is 25.7 Å². The van der Waals surface area contributed by atoms with E-state index < -0.39 is 12.0 Å². The van der Waals surface area contributed by atoms with Gasteiger partial charge in [0.15, 0.2) is 0 Å². The van der Waals surface area contributed by atoms with Gasteiger partial charge >= 0.3 is 12.0 Å². The Morgan fingerprint density at radius 1 is 1.33 bits per heavy atom. The molecule has 1 aromatic carbocycles. The van der Waals surface area contributed by atoms with E-state index in [0.29, 0.717) is 13.0 Å². The van der Waals surface area contributed by atoms with Gasteiger partial charge in [-0.05, 0) is 18.1 Å². The molecule has 1 atom stereocenters. The number of carboxylic acid groups (broad SMARTS) is 1. The van der Waals surface area contributed by atoms with E-state index in [4.69, 9.17) is 5.11 Å². The summed E-state index contributed by atoms with van der Waals surface area (Å²) in [7, 11) is 0. The highest BCUT2D eigenvalue weighted by Crippen LogP contribution is 2.24. The molecule has 0 bridgehead atoms. The number of aliphatic carboxylic acids is 1.